The molecule has 0 aliphatic carbocycles. The average Bonchev–Trinajstić information content (AvgIpc) is 2.21. The molecule has 0 aromatic rings. The third kappa shape index (κ3) is 4.49. The topological polar surface area (TPSA) is 38.5 Å². The zero-order chi connectivity index (χ0) is 11.3. The highest BCUT2D eigenvalue weighted by Crippen LogP contribution is 2.18. The van der Waals surface area contributed by atoms with Gasteiger partial charge in [0.15, 0.2) is 0 Å². The first-order chi connectivity index (χ1) is 7.05. The molecule has 0 spiro atoms. The van der Waals surface area contributed by atoms with Crippen LogP contribution in [0.4, 0.5) is 0 Å². The van der Waals surface area contributed by atoms with Crippen molar-refractivity contribution >= 4 is 0 Å². The van der Waals surface area contributed by atoms with Gasteiger partial charge in [0.2, 0.25) is 0 Å². The molecule has 90 valence electrons. The van der Waals surface area contributed by atoms with Crippen LogP contribution in [0.25, 0.3) is 0 Å². The van der Waals surface area contributed by atoms with E-state index in [-0.39, 0.29) is 5.60 Å². The Balaban J connectivity index is 2.19. The number of likely N-dealkylation sites (tertiary alicyclic amines) is 1. The number of hydrogen-bond acceptors (Lipinski definition) is 3. The summed E-state index contributed by atoms with van der Waals surface area (Å²) in [4.78, 5) is 2.46. The van der Waals surface area contributed by atoms with Gasteiger partial charge in [-0.1, -0.05) is 6.42 Å². The highest BCUT2D eigenvalue weighted by atomic mass is 16.5. The van der Waals surface area contributed by atoms with Gasteiger partial charge in [-0.15, -0.1) is 0 Å². The van der Waals surface area contributed by atoms with Crippen LogP contribution in [0.15, 0.2) is 0 Å². The molecule has 0 amide bonds. The van der Waals surface area contributed by atoms with E-state index >= 15 is 0 Å². The van der Waals surface area contributed by atoms with E-state index in [9.17, 15) is 0 Å². The Kier molecular flexibility index (Phi) is 5.03. The van der Waals surface area contributed by atoms with E-state index in [1.807, 2.05) is 0 Å². The molecule has 1 heterocycles. The number of nitrogens with zero attached hydrogens (tertiary/aromatic N) is 1. The summed E-state index contributed by atoms with van der Waals surface area (Å²) < 4.78 is 5.78. The number of ether oxygens (including phenoxy) is 1. The van der Waals surface area contributed by atoms with Gasteiger partial charge in [-0.25, -0.2) is 0 Å². The molecule has 1 rings (SSSR count). The van der Waals surface area contributed by atoms with Crippen molar-refractivity contribution in [3.8, 4) is 0 Å². The number of rotatable bonds is 5. The van der Waals surface area contributed by atoms with Crippen molar-refractivity contribution in [3.05, 3.63) is 0 Å². The van der Waals surface area contributed by atoms with Crippen LogP contribution in [0.5, 0.6) is 0 Å². The largest absolute Gasteiger partial charge is 0.374 e. The molecule has 3 heteroatoms. The van der Waals surface area contributed by atoms with Crippen molar-refractivity contribution in [3.63, 3.8) is 0 Å². The lowest BCUT2D eigenvalue weighted by molar-refractivity contribution is -0.0213. The molecule has 15 heavy (non-hydrogen) atoms. The molecule has 0 bridgehead atoms. The maximum Gasteiger partial charge on any atom is 0.0748 e. The van der Waals surface area contributed by atoms with Crippen LogP contribution < -0.4 is 5.73 Å². The van der Waals surface area contributed by atoms with Crippen LogP contribution in [0.3, 0.4) is 0 Å². The maximum atomic E-state index is 5.78. The van der Waals surface area contributed by atoms with Gasteiger partial charge in [-0.2, -0.15) is 0 Å². The average molecular weight is 214 g/mol. The minimum Gasteiger partial charge on any atom is -0.374 e. The van der Waals surface area contributed by atoms with Gasteiger partial charge in [0.05, 0.1) is 5.60 Å². The normalized spacial score (nSPS) is 24.4. The van der Waals surface area contributed by atoms with E-state index < -0.39 is 0 Å². The molecule has 1 aliphatic heterocycles. The smallest absolute Gasteiger partial charge is 0.0748 e. The number of hydrogen-bond donors (Lipinski definition) is 1. The summed E-state index contributed by atoms with van der Waals surface area (Å²) in [6.07, 6.45) is 5.18. The molecule has 0 radical (unpaired) electrons. The van der Waals surface area contributed by atoms with E-state index in [4.69, 9.17) is 10.5 Å². The van der Waals surface area contributed by atoms with Crippen LogP contribution in [0, 0.1) is 0 Å². The standard InChI is InChI=1S/C12H26N2O/c1-12(2,10-13)15-9-7-11-6-4-5-8-14(11)3/h11H,4-10,13H2,1-3H3. The van der Waals surface area contributed by atoms with Gasteiger partial charge in [0.25, 0.3) is 0 Å². The third-order valence-electron chi connectivity index (χ3n) is 3.36. The van der Waals surface area contributed by atoms with Crippen LogP contribution in [0.2, 0.25) is 0 Å². The second-order valence-corrected chi connectivity index (χ2v) is 5.23. The Labute approximate surface area is 94.0 Å². The SMILES string of the molecule is CN1CCCCC1CCOC(C)(C)CN. The van der Waals surface area contributed by atoms with Crippen LogP contribution in [0.1, 0.15) is 39.5 Å². The zero-order valence-electron chi connectivity index (χ0n) is 10.5. The summed E-state index contributed by atoms with van der Waals surface area (Å²) in [5.41, 5.74) is 5.46. The maximum absolute atomic E-state index is 5.78. The van der Waals surface area contributed by atoms with Gasteiger partial charge >= 0.3 is 0 Å². The third-order valence-corrected chi connectivity index (χ3v) is 3.36. The molecule has 1 unspecified atom stereocenters. The van der Waals surface area contributed by atoms with Crippen molar-refractivity contribution in [1.82, 2.24) is 4.90 Å². The van der Waals surface area contributed by atoms with E-state index in [0.29, 0.717) is 12.6 Å². The van der Waals surface area contributed by atoms with Crippen molar-refractivity contribution < 1.29 is 4.74 Å². The molecular formula is C12H26N2O. The van der Waals surface area contributed by atoms with Gasteiger partial charge in [0, 0.05) is 19.2 Å². The molecule has 0 saturated carbocycles. The molecule has 1 fully saturated rings. The predicted octanol–water partition coefficient (Wildman–Crippen LogP) is 1.61. The molecule has 1 saturated heterocycles. The number of nitrogens with two attached hydrogens (primary N) is 1. The van der Waals surface area contributed by atoms with E-state index in [0.717, 1.165) is 13.0 Å². The predicted molar refractivity (Wildman–Crippen MR) is 64.0 cm³/mol. The van der Waals surface area contributed by atoms with Gasteiger partial charge < -0.3 is 15.4 Å². The first-order valence-corrected chi connectivity index (χ1v) is 6.09. The Morgan fingerprint density at radius 2 is 2.13 bits per heavy atom. The Morgan fingerprint density at radius 3 is 2.73 bits per heavy atom. The minimum atomic E-state index is -0.159. The molecule has 0 aromatic heterocycles. The summed E-state index contributed by atoms with van der Waals surface area (Å²) in [6, 6.07) is 0.715. The van der Waals surface area contributed by atoms with Gasteiger partial charge in [-0.3, -0.25) is 0 Å². The van der Waals surface area contributed by atoms with E-state index in [1.54, 1.807) is 0 Å². The van der Waals surface area contributed by atoms with E-state index in [2.05, 4.69) is 25.8 Å². The molecule has 1 atom stereocenters. The van der Waals surface area contributed by atoms with Crippen molar-refractivity contribution in [2.75, 3.05) is 26.7 Å². The fourth-order valence-electron chi connectivity index (χ4n) is 2.04. The molecule has 0 aromatic carbocycles. The summed E-state index contributed by atoms with van der Waals surface area (Å²) in [5, 5.41) is 0. The fraction of sp³-hybridized carbons (Fsp3) is 1.00. The van der Waals surface area contributed by atoms with Crippen LogP contribution in [-0.4, -0.2) is 43.3 Å². The first-order valence-electron chi connectivity index (χ1n) is 6.09. The van der Waals surface area contributed by atoms with Crippen molar-refractivity contribution in [1.29, 1.82) is 0 Å². The Morgan fingerprint density at radius 1 is 1.40 bits per heavy atom. The van der Waals surface area contributed by atoms with E-state index in [1.165, 1.54) is 25.8 Å². The first kappa shape index (κ1) is 12.9. The summed E-state index contributed by atoms with van der Waals surface area (Å²) in [6.45, 7) is 6.77. The van der Waals surface area contributed by atoms with Crippen LogP contribution in [-0.2, 0) is 4.74 Å². The monoisotopic (exact) mass is 214 g/mol. The molecule has 2 N–H and O–H groups in total. The van der Waals surface area contributed by atoms with Crippen molar-refractivity contribution in [2.45, 2.75) is 51.2 Å². The Hall–Kier alpha value is -0.120. The second-order valence-electron chi connectivity index (χ2n) is 5.23. The highest BCUT2D eigenvalue weighted by molar-refractivity contribution is 4.75. The lowest BCUT2D eigenvalue weighted by Crippen LogP contribution is -2.39. The van der Waals surface area contributed by atoms with Gasteiger partial charge in [-0.05, 0) is 46.7 Å². The van der Waals surface area contributed by atoms with Crippen molar-refractivity contribution in [2.24, 2.45) is 5.73 Å². The van der Waals surface area contributed by atoms with Gasteiger partial charge in [0.1, 0.15) is 0 Å². The zero-order valence-corrected chi connectivity index (χ0v) is 10.5. The Bertz CT molecular complexity index is 182. The molecule has 3 nitrogen and oxygen atoms in total. The lowest BCUT2D eigenvalue weighted by Gasteiger charge is -2.33. The summed E-state index contributed by atoms with van der Waals surface area (Å²) >= 11 is 0. The fourth-order valence-corrected chi connectivity index (χ4v) is 2.04. The quantitative estimate of drug-likeness (QED) is 0.755. The summed E-state index contributed by atoms with van der Waals surface area (Å²) in [7, 11) is 2.22. The number of piperidine rings is 1. The minimum absolute atomic E-state index is 0.159. The summed E-state index contributed by atoms with van der Waals surface area (Å²) in [5.74, 6) is 0. The molecule has 1 aliphatic rings. The lowest BCUT2D eigenvalue weighted by atomic mass is 10.0. The highest BCUT2D eigenvalue weighted by Gasteiger charge is 2.20. The molecular weight excluding hydrogens is 188 g/mol. The van der Waals surface area contributed by atoms with Crippen LogP contribution >= 0.6 is 0 Å². The second kappa shape index (κ2) is 5.83.